The summed E-state index contributed by atoms with van der Waals surface area (Å²) in [6.45, 7) is 2.28. The fourth-order valence-corrected chi connectivity index (χ4v) is 1.85. The maximum absolute atomic E-state index is 13.5. The third-order valence-electron chi connectivity index (χ3n) is 2.94. The van der Waals surface area contributed by atoms with Gasteiger partial charge in [0.25, 0.3) is 5.91 Å². The highest BCUT2D eigenvalue weighted by Crippen LogP contribution is 2.27. The predicted molar refractivity (Wildman–Crippen MR) is 63.0 cm³/mol. The molecule has 1 saturated heterocycles. The van der Waals surface area contributed by atoms with E-state index >= 15 is 0 Å². The lowest BCUT2D eigenvalue weighted by atomic mass is 10.0. The quantitative estimate of drug-likeness (QED) is 0.773. The molecule has 1 heterocycles. The average molecular weight is 238 g/mol. The summed E-state index contributed by atoms with van der Waals surface area (Å²) in [4.78, 5) is 11.9. The van der Waals surface area contributed by atoms with Crippen molar-refractivity contribution in [1.29, 1.82) is 0 Å². The number of nitrogen functional groups attached to an aromatic ring is 1. The largest absolute Gasteiger partial charge is 0.399 e. The number of anilines is 2. The highest BCUT2D eigenvalue weighted by atomic mass is 19.1. The van der Waals surface area contributed by atoms with Crippen LogP contribution in [-0.2, 0) is 9.53 Å². The normalized spacial score (nSPS) is 23.6. The van der Waals surface area contributed by atoms with Crippen LogP contribution in [0.4, 0.5) is 15.8 Å². The molecule has 4 nitrogen and oxygen atoms in total. The van der Waals surface area contributed by atoms with E-state index in [0.29, 0.717) is 18.7 Å². The summed E-state index contributed by atoms with van der Waals surface area (Å²) in [5.41, 5.74) is 5.02. The Labute approximate surface area is 98.9 Å². The van der Waals surface area contributed by atoms with Gasteiger partial charge in [0.1, 0.15) is 11.4 Å². The monoisotopic (exact) mass is 238 g/mol. The Kier molecular flexibility index (Phi) is 3.02. The van der Waals surface area contributed by atoms with E-state index in [2.05, 4.69) is 5.32 Å². The lowest BCUT2D eigenvalue weighted by Crippen LogP contribution is -2.39. The Bertz CT molecular complexity index is 442. The second kappa shape index (κ2) is 4.33. The Morgan fingerprint density at radius 1 is 1.59 bits per heavy atom. The zero-order chi connectivity index (χ0) is 12.5. The van der Waals surface area contributed by atoms with Crippen molar-refractivity contribution in [1.82, 2.24) is 0 Å². The second-order valence-corrected chi connectivity index (χ2v) is 4.38. The molecule has 0 spiro atoms. The first-order chi connectivity index (χ1) is 8.01. The van der Waals surface area contributed by atoms with E-state index in [1.165, 1.54) is 18.2 Å². The third-order valence-corrected chi connectivity index (χ3v) is 2.94. The van der Waals surface area contributed by atoms with E-state index in [1.807, 2.05) is 0 Å². The van der Waals surface area contributed by atoms with Crippen LogP contribution in [0.25, 0.3) is 0 Å². The molecule has 0 radical (unpaired) electrons. The van der Waals surface area contributed by atoms with Crippen molar-refractivity contribution in [2.75, 3.05) is 17.7 Å². The van der Waals surface area contributed by atoms with Crippen LogP contribution in [-0.4, -0.2) is 18.1 Å². The molecule has 1 aliphatic heterocycles. The molecule has 1 unspecified atom stereocenters. The van der Waals surface area contributed by atoms with Crippen molar-refractivity contribution in [2.45, 2.75) is 25.4 Å². The summed E-state index contributed by atoms with van der Waals surface area (Å²) in [7, 11) is 0. The van der Waals surface area contributed by atoms with Crippen molar-refractivity contribution >= 4 is 17.3 Å². The number of benzene rings is 1. The minimum Gasteiger partial charge on any atom is -0.399 e. The van der Waals surface area contributed by atoms with Crippen LogP contribution in [0.1, 0.15) is 19.8 Å². The van der Waals surface area contributed by atoms with Crippen molar-refractivity contribution in [3.63, 3.8) is 0 Å². The Hall–Kier alpha value is -1.62. The van der Waals surface area contributed by atoms with Gasteiger partial charge in [-0.1, -0.05) is 0 Å². The van der Waals surface area contributed by atoms with Gasteiger partial charge in [-0.25, -0.2) is 4.39 Å². The van der Waals surface area contributed by atoms with Gasteiger partial charge >= 0.3 is 0 Å². The molecule has 1 fully saturated rings. The van der Waals surface area contributed by atoms with Crippen LogP contribution in [0.15, 0.2) is 18.2 Å². The standard InChI is InChI=1S/C12H15FN2O2/c1-12(5-2-6-17-12)11(16)15-10-4-3-8(14)7-9(10)13/h3-4,7H,2,5-6,14H2,1H3,(H,15,16). The van der Waals surface area contributed by atoms with Crippen molar-refractivity contribution in [2.24, 2.45) is 0 Å². The van der Waals surface area contributed by atoms with Gasteiger partial charge in [-0.3, -0.25) is 4.79 Å². The minimum absolute atomic E-state index is 0.126. The van der Waals surface area contributed by atoms with Gasteiger partial charge in [0.2, 0.25) is 0 Å². The molecule has 92 valence electrons. The first kappa shape index (κ1) is 11.9. The molecule has 0 bridgehead atoms. The third kappa shape index (κ3) is 2.39. The van der Waals surface area contributed by atoms with Gasteiger partial charge in [0, 0.05) is 12.3 Å². The molecule has 5 heteroatoms. The number of halogens is 1. The first-order valence-corrected chi connectivity index (χ1v) is 5.52. The molecule has 1 aromatic rings. The molecule has 0 aromatic heterocycles. The number of ether oxygens (including phenoxy) is 1. The highest BCUT2D eigenvalue weighted by Gasteiger charge is 2.37. The Morgan fingerprint density at radius 3 is 2.94 bits per heavy atom. The molecule has 1 atom stereocenters. The molecule has 1 aliphatic rings. The topological polar surface area (TPSA) is 64.4 Å². The first-order valence-electron chi connectivity index (χ1n) is 5.52. The lowest BCUT2D eigenvalue weighted by Gasteiger charge is -2.22. The molecular formula is C12H15FN2O2. The van der Waals surface area contributed by atoms with E-state index in [1.54, 1.807) is 6.92 Å². The zero-order valence-corrected chi connectivity index (χ0v) is 9.63. The smallest absolute Gasteiger partial charge is 0.256 e. The average Bonchev–Trinajstić information content (AvgIpc) is 2.71. The molecular weight excluding hydrogens is 223 g/mol. The van der Waals surface area contributed by atoms with Crippen LogP contribution >= 0.6 is 0 Å². The highest BCUT2D eigenvalue weighted by molar-refractivity contribution is 5.97. The summed E-state index contributed by atoms with van der Waals surface area (Å²) in [5.74, 6) is -0.862. The summed E-state index contributed by atoms with van der Waals surface area (Å²) < 4.78 is 18.9. The van der Waals surface area contributed by atoms with Gasteiger partial charge in [-0.15, -0.1) is 0 Å². The van der Waals surface area contributed by atoms with E-state index in [0.717, 1.165) is 6.42 Å². The number of nitrogens with one attached hydrogen (secondary N) is 1. The second-order valence-electron chi connectivity index (χ2n) is 4.38. The van der Waals surface area contributed by atoms with Gasteiger partial charge in [-0.2, -0.15) is 0 Å². The van der Waals surface area contributed by atoms with Crippen LogP contribution in [0.2, 0.25) is 0 Å². The Balaban J connectivity index is 2.13. The van der Waals surface area contributed by atoms with Crippen LogP contribution < -0.4 is 11.1 Å². The van der Waals surface area contributed by atoms with E-state index < -0.39 is 11.4 Å². The van der Waals surface area contributed by atoms with Crippen LogP contribution in [0.3, 0.4) is 0 Å². The maximum Gasteiger partial charge on any atom is 0.256 e. The number of hydrogen-bond donors (Lipinski definition) is 2. The summed E-state index contributed by atoms with van der Waals surface area (Å²) in [5, 5.41) is 2.53. The molecule has 17 heavy (non-hydrogen) atoms. The molecule has 1 aromatic carbocycles. The van der Waals surface area contributed by atoms with E-state index in [4.69, 9.17) is 10.5 Å². The number of amides is 1. The molecule has 0 aliphatic carbocycles. The van der Waals surface area contributed by atoms with E-state index in [-0.39, 0.29) is 11.6 Å². The van der Waals surface area contributed by atoms with Gasteiger partial charge < -0.3 is 15.8 Å². The zero-order valence-electron chi connectivity index (χ0n) is 9.63. The number of carbonyl (C=O) groups is 1. The summed E-state index contributed by atoms with van der Waals surface area (Å²) in [6.07, 6.45) is 1.49. The SMILES string of the molecule is CC1(C(=O)Nc2ccc(N)cc2F)CCCO1. The Morgan fingerprint density at radius 2 is 2.35 bits per heavy atom. The van der Waals surface area contributed by atoms with E-state index in [9.17, 15) is 9.18 Å². The lowest BCUT2D eigenvalue weighted by molar-refractivity contribution is -0.133. The van der Waals surface area contributed by atoms with Crippen molar-refractivity contribution in [3.8, 4) is 0 Å². The summed E-state index contributed by atoms with van der Waals surface area (Å²) in [6, 6.07) is 4.16. The molecule has 3 N–H and O–H groups in total. The number of rotatable bonds is 2. The fourth-order valence-electron chi connectivity index (χ4n) is 1.85. The summed E-state index contributed by atoms with van der Waals surface area (Å²) >= 11 is 0. The number of hydrogen-bond acceptors (Lipinski definition) is 3. The molecule has 0 saturated carbocycles. The number of nitrogens with two attached hydrogens (primary N) is 1. The van der Waals surface area contributed by atoms with Crippen LogP contribution in [0, 0.1) is 5.82 Å². The molecule has 1 amide bonds. The fraction of sp³-hybridized carbons (Fsp3) is 0.417. The molecule has 2 rings (SSSR count). The maximum atomic E-state index is 13.5. The van der Waals surface area contributed by atoms with Gasteiger partial charge in [-0.05, 0) is 38.0 Å². The minimum atomic E-state index is -0.853. The number of carbonyl (C=O) groups excluding carboxylic acids is 1. The van der Waals surface area contributed by atoms with Gasteiger partial charge in [0.15, 0.2) is 0 Å². The van der Waals surface area contributed by atoms with Gasteiger partial charge in [0.05, 0.1) is 5.69 Å². The predicted octanol–water partition coefficient (Wildman–Crippen LogP) is 1.92. The van der Waals surface area contributed by atoms with Crippen molar-refractivity contribution < 1.29 is 13.9 Å². The van der Waals surface area contributed by atoms with Crippen LogP contribution in [0.5, 0.6) is 0 Å². The van der Waals surface area contributed by atoms with Crippen molar-refractivity contribution in [3.05, 3.63) is 24.0 Å².